The molecule has 10 heavy (non-hydrogen) atoms. The highest BCUT2D eigenvalue weighted by Crippen LogP contribution is 1.84. The summed E-state index contributed by atoms with van der Waals surface area (Å²) in [7, 11) is 0. The fourth-order valence-electron chi connectivity index (χ4n) is 0.396. The molecule has 0 aromatic heterocycles. The van der Waals surface area contributed by atoms with Crippen LogP contribution in [0.5, 0.6) is 0 Å². The van der Waals surface area contributed by atoms with Crippen molar-refractivity contribution in [2.24, 2.45) is 16.5 Å². The molecule has 0 bridgehead atoms. The van der Waals surface area contributed by atoms with E-state index in [1.165, 1.54) is 6.92 Å². The molecule has 5 heteroatoms. The summed E-state index contributed by atoms with van der Waals surface area (Å²) in [6, 6.07) is 0. The predicted octanol–water partition coefficient (Wildman–Crippen LogP) is -1.23. The summed E-state index contributed by atoms with van der Waals surface area (Å²) in [6.07, 6.45) is -0.238. The molecule has 0 aliphatic carbocycles. The van der Waals surface area contributed by atoms with E-state index in [-0.39, 0.29) is 18.2 Å². The highest BCUT2D eigenvalue weighted by molar-refractivity contribution is 6.01. The van der Waals surface area contributed by atoms with Crippen LogP contribution in [0.4, 0.5) is 0 Å². The first-order valence-electron chi connectivity index (χ1n) is 2.64. The molecule has 0 aromatic rings. The summed E-state index contributed by atoms with van der Waals surface area (Å²) in [5.74, 6) is -1.17. The molecule has 0 saturated carbocycles. The predicted molar refractivity (Wildman–Crippen MR) is 36.1 cm³/mol. The molecule has 0 unspecified atom stereocenters. The molecule has 5 nitrogen and oxygen atoms in total. The van der Waals surface area contributed by atoms with E-state index in [9.17, 15) is 9.59 Å². The number of carbonyl (C=O) groups excluding carboxylic acids is 2. The first kappa shape index (κ1) is 8.61. The van der Waals surface area contributed by atoms with E-state index in [1.54, 1.807) is 0 Å². The second-order valence-electron chi connectivity index (χ2n) is 1.81. The SMILES string of the molecule is CC(=O)CC(=O)N=C(N)N. The van der Waals surface area contributed by atoms with Gasteiger partial charge in [-0.25, -0.2) is 0 Å². The quantitative estimate of drug-likeness (QED) is 0.287. The monoisotopic (exact) mass is 143 g/mol. The van der Waals surface area contributed by atoms with Gasteiger partial charge >= 0.3 is 0 Å². The maximum absolute atomic E-state index is 10.5. The minimum absolute atomic E-state index is 0.238. The van der Waals surface area contributed by atoms with Crippen LogP contribution in [0, 0.1) is 0 Å². The third kappa shape index (κ3) is 4.76. The van der Waals surface area contributed by atoms with Gasteiger partial charge in [0.25, 0.3) is 5.91 Å². The first-order chi connectivity index (χ1) is 4.52. The van der Waals surface area contributed by atoms with Crippen molar-refractivity contribution in [3.05, 3.63) is 0 Å². The van der Waals surface area contributed by atoms with E-state index in [2.05, 4.69) is 4.99 Å². The van der Waals surface area contributed by atoms with Crippen molar-refractivity contribution < 1.29 is 9.59 Å². The fraction of sp³-hybridized carbons (Fsp3) is 0.400. The van der Waals surface area contributed by atoms with Crippen LogP contribution in [-0.2, 0) is 9.59 Å². The minimum Gasteiger partial charge on any atom is -0.370 e. The lowest BCUT2D eigenvalue weighted by molar-refractivity contribution is -0.125. The minimum atomic E-state index is -0.604. The number of hydrogen-bond acceptors (Lipinski definition) is 2. The molecule has 0 aliphatic rings. The molecule has 0 radical (unpaired) electrons. The maximum atomic E-state index is 10.5. The van der Waals surface area contributed by atoms with Crippen LogP contribution in [-0.4, -0.2) is 17.6 Å². The van der Waals surface area contributed by atoms with Crippen LogP contribution in [0.25, 0.3) is 0 Å². The van der Waals surface area contributed by atoms with E-state index >= 15 is 0 Å². The van der Waals surface area contributed by atoms with Gasteiger partial charge in [0.2, 0.25) is 0 Å². The van der Waals surface area contributed by atoms with Gasteiger partial charge in [-0.3, -0.25) is 9.59 Å². The van der Waals surface area contributed by atoms with Gasteiger partial charge in [0.1, 0.15) is 5.78 Å². The van der Waals surface area contributed by atoms with E-state index < -0.39 is 5.91 Å². The van der Waals surface area contributed by atoms with Crippen molar-refractivity contribution in [3.8, 4) is 0 Å². The molecular weight excluding hydrogens is 134 g/mol. The van der Waals surface area contributed by atoms with Crippen LogP contribution in [0.3, 0.4) is 0 Å². The van der Waals surface area contributed by atoms with E-state index in [4.69, 9.17) is 11.5 Å². The number of nitrogens with zero attached hydrogens (tertiary/aromatic N) is 1. The highest BCUT2D eigenvalue weighted by atomic mass is 16.2. The number of ketones is 1. The first-order valence-corrected chi connectivity index (χ1v) is 2.64. The average molecular weight is 143 g/mol. The second-order valence-corrected chi connectivity index (χ2v) is 1.81. The average Bonchev–Trinajstić information content (AvgIpc) is 1.58. The van der Waals surface area contributed by atoms with Gasteiger partial charge in [0, 0.05) is 0 Å². The Morgan fingerprint density at radius 1 is 1.40 bits per heavy atom. The van der Waals surface area contributed by atoms with E-state index in [0.717, 1.165) is 0 Å². The third-order valence-corrected chi connectivity index (χ3v) is 0.654. The van der Waals surface area contributed by atoms with Gasteiger partial charge in [-0.1, -0.05) is 0 Å². The number of hydrogen-bond donors (Lipinski definition) is 2. The Bertz CT molecular complexity index is 181. The molecule has 1 amide bonds. The van der Waals surface area contributed by atoms with E-state index in [1.807, 2.05) is 0 Å². The third-order valence-electron chi connectivity index (χ3n) is 0.654. The molecule has 0 heterocycles. The number of guanidine groups is 1. The van der Waals surface area contributed by atoms with Crippen molar-refractivity contribution >= 4 is 17.6 Å². The number of Topliss-reactive ketones (excluding diaryl/α,β-unsaturated/α-hetero) is 1. The Kier molecular flexibility index (Phi) is 3.10. The molecule has 0 aliphatic heterocycles. The van der Waals surface area contributed by atoms with Crippen molar-refractivity contribution in [2.45, 2.75) is 13.3 Å². The van der Waals surface area contributed by atoms with Crippen molar-refractivity contribution in [3.63, 3.8) is 0 Å². The Balaban J connectivity index is 3.88. The Morgan fingerprint density at radius 3 is 2.20 bits per heavy atom. The summed E-state index contributed by atoms with van der Waals surface area (Å²) in [6.45, 7) is 1.29. The van der Waals surface area contributed by atoms with Gasteiger partial charge < -0.3 is 11.5 Å². The molecule has 0 spiro atoms. The highest BCUT2D eigenvalue weighted by Gasteiger charge is 2.02. The van der Waals surface area contributed by atoms with Crippen LogP contribution >= 0.6 is 0 Å². The summed E-state index contributed by atoms with van der Waals surface area (Å²) >= 11 is 0. The topological polar surface area (TPSA) is 98.5 Å². The Labute approximate surface area is 58.1 Å². The van der Waals surface area contributed by atoms with Gasteiger partial charge in [0.05, 0.1) is 6.42 Å². The van der Waals surface area contributed by atoms with Gasteiger partial charge in [-0.15, -0.1) is 0 Å². The summed E-state index contributed by atoms with van der Waals surface area (Å²) in [4.78, 5) is 23.9. The summed E-state index contributed by atoms with van der Waals surface area (Å²) in [5.41, 5.74) is 9.73. The molecule has 0 saturated heterocycles. The van der Waals surface area contributed by atoms with Crippen LogP contribution in [0.15, 0.2) is 4.99 Å². The second kappa shape index (κ2) is 3.60. The molecule has 4 N–H and O–H groups in total. The largest absolute Gasteiger partial charge is 0.370 e. The lowest BCUT2D eigenvalue weighted by Crippen LogP contribution is -2.24. The van der Waals surface area contributed by atoms with Crippen LogP contribution in [0.2, 0.25) is 0 Å². The zero-order valence-electron chi connectivity index (χ0n) is 5.63. The number of rotatable bonds is 2. The van der Waals surface area contributed by atoms with Crippen molar-refractivity contribution in [2.75, 3.05) is 0 Å². The summed E-state index contributed by atoms with van der Waals surface area (Å²) in [5, 5.41) is 0. The zero-order valence-corrected chi connectivity index (χ0v) is 5.63. The Morgan fingerprint density at radius 2 is 1.90 bits per heavy atom. The van der Waals surface area contributed by atoms with Crippen molar-refractivity contribution in [1.82, 2.24) is 0 Å². The standard InChI is InChI=1S/C5H9N3O2/c1-3(9)2-4(10)8-5(6)7/h2H2,1H3,(H4,6,7,8,10). The van der Waals surface area contributed by atoms with E-state index in [0.29, 0.717) is 0 Å². The number of nitrogens with two attached hydrogens (primary N) is 2. The molecular formula is C5H9N3O2. The lowest BCUT2D eigenvalue weighted by Gasteiger charge is -1.89. The number of carbonyl (C=O) groups is 2. The smallest absolute Gasteiger partial charge is 0.256 e. The molecule has 0 aromatic carbocycles. The number of aliphatic imine (C=N–C) groups is 1. The van der Waals surface area contributed by atoms with Gasteiger partial charge in [0.15, 0.2) is 5.96 Å². The molecule has 0 rings (SSSR count). The zero-order chi connectivity index (χ0) is 8.15. The lowest BCUT2D eigenvalue weighted by atomic mass is 10.3. The molecule has 0 atom stereocenters. The van der Waals surface area contributed by atoms with Crippen LogP contribution < -0.4 is 11.5 Å². The normalized spacial score (nSPS) is 8.50. The number of amides is 1. The van der Waals surface area contributed by atoms with Gasteiger partial charge in [-0.05, 0) is 6.92 Å². The summed E-state index contributed by atoms with van der Waals surface area (Å²) < 4.78 is 0. The van der Waals surface area contributed by atoms with Crippen LogP contribution in [0.1, 0.15) is 13.3 Å². The fourth-order valence-corrected chi connectivity index (χ4v) is 0.396. The molecule has 56 valence electrons. The molecule has 0 fully saturated rings. The maximum Gasteiger partial charge on any atom is 0.256 e. The Hall–Kier alpha value is -1.39. The van der Waals surface area contributed by atoms with Crippen molar-refractivity contribution in [1.29, 1.82) is 0 Å². The van der Waals surface area contributed by atoms with Gasteiger partial charge in [-0.2, -0.15) is 4.99 Å².